The molecule has 8 heteroatoms. The van der Waals surface area contributed by atoms with Crippen LogP contribution in [0.4, 0.5) is 4.39 Å². The van der Waals surface area contributed by atoms with E-state index in [0.29, 0.717) is 5.56 Å². The number of rotatable bonds is 3. The molecule has 1 N–H and O–H groups in total. The maximum atomic E-state index is 12.9. The van der Waals surface area contributed by atoms with Gasteiger partial charge in [-0.3, -0.25) is 9.58 Å². The van der Waals surface area contributed by atoms with E-state index in [4.69, 9.17) is 5.26 Å². The van der Waals surface area contributed by atoms with Gasteiger partial charge in [0.05, 0.1) is 23.5 Å². The molecule has 0 radical (unpaired) electrons. The van der Waals surface area contributed by atoms with Crippen LogP contribution in [0.5, 0.6) is 0 Å². The molecular formula is C23H24FN7. The zero-order chi connectivity index (χ0) is 21.6. The number of pyridine rings is 1. The lowest BCUT2D eigenvalue weighted by Gasteiger charge is -2.27. The second kappa shape index (κ2) is 9.51. The van der Waals surface area contributed by atoms with E-state index >= 15 is 0 Å². The molecule has 0 aliphatic carbocycles. The number of nitrogens with one attached hydrogen (secondary N) is 1. The highest BCUT2D eigenvalue weighted by atomic mass is 19.1. The molecule has 1 saturated heterocycles. The van der Waals surface area contributed by atoms with Crippen molar-refractivity contribution in [3.8, 4) is 17.2 Å². The van der Waals surface area contributed by atoms with Crippen molar-refractivity contribution in [1.82, 2.24) is 29.6 Å². The predicted octanol–water partition coefficient (Wildman–Crippen LogP) is 2.84. The Bertz CT molecular complexity index is 1200. The van der Waals surface area contributed by atoms with E-state index in [-0.39, 0.29) is 5.82 Å². The van der Waals surface area contributed by atoms with Crippen molar-refractivity contribution in [1.29, 1.82) is 5.26 Å². The number of halogens is 1. The number of aryl methyl sites for hydroxylation is 1. The van der Waals surface area contributed by atoms with Crippen LogP contribution < -0.4 is 5.32 Å². The number of nitrogens with zero attached hydrogens (tertiary/aromatic N) is 6. The molecular weight excluding hydrogens is 393 g/mol. The normalized spacial score (nSPS) is 14.1. The van der Waals surface area contributed by atoms with E-state index < -0.39 is 0 Å². The quantitative estimate of drug-likeness (QED) is 0.555. The lowest BCUT2D eigenvalue weighted by Crippen LogP contribution is -2.42. The Morgan fingerprint density at radius 2 is 1.90 bits per heavy atom. The fraction of sp³-hybridized carbons (Fsp3) is 0.261. The van der Waals surface area contributed by atoms with Crippen LogP contribution in [0.2, 0.25) is 0 Å². The smallest absolute Gasteiger partial charge is 0.123 e. The maximum absolute atomic E-state index is 12.9. The van der Waals surface area contributed by atoms with Crippen molar-refractivity contribution >= 4 is 5.52 Å². The van der Waals surface area contributed by atoms with Gasteiger partial charge in [-0.1, -0.05) is 18.2 Å². The van der Waals surface area contributed by atoms with Crippen LogP contribution in [-0.2, 0) is 13.6 Å². The molecule has 4 heterocycles. The van der Waals surface area contributed by atoms with E-state index in [9.17, 15) is 4.39 Å². The Labute approximate surface area is 180 Å². The van der Waals surface area contributed by atoms with Gasteiger partial charge in [0, 0.05) is 63.3 Å². The average molecular weight is 417 g/mol. The van der Waals surface area contributed by atoms with Crippen molar-refractivity contribution in [2.45, 2.75) is 6.54 Å². The minimum Gasteiger partial charge on any atom is -0.314 e. The Morgan fingerprint density at radius 1 is 1.06 bits per heavy atom. The number of aromatic nitrogens is 4. The molecule has 0 saturated carbocycles. The van der Waals surface area contributed by atoms with Crippen LogP contribution in [0.25, 0.3) is 16.6 Å². The van der Waals surface area contributed by atoms with Gasteiger partial charge in [0.15, 0.2) is 0 Å². The molecule has 3 aromatic heterocycles. The molecule has 0 amide bonds. The molecule has 31 heavy (non-hydrogen) atoms. The summed E-state index contributed by atoms with van der Waals surface area (Å²) in [4.78, 5) is 2.34. The predicted molar refractivity (Wildman–Crippen MR) is 117 cm³/mol. The number of benzene rings is 1. The van der Waals surface area contributed by atoms with E-state index in [2.05, 4.69) is 26.5 Å². The number of hydrogen-bond donors (Lipinski definition) is 1. The van der Waals surface area contributed by atoms with Crippen molar-refractivity contribution in [2.24, 2.45) is 7.05 Å². The molecule has 1 aromatic carbocycles. The van der Waals surface area contributed by atoms with Crippen LogP contribution in [0, 0.1) is 17.1 Å². The highest BCUT2D eigenvalue weighted by Gasteiger charge is 2.09. The third-order valence-corrected chi connectivity index (χ3v) is 5.18. The third-order valence-electron chi connectivity index (χ3n) is 5.18. The number of piperazine rings is 1. The summed E-state index contributed by atoms with van der Waals surface area (Å²) in [7, 11) is 1.88. The minimum atomic E-state index is -0.141. The van der Waals surface area contributed by atoms with Crippen molar-refractivity contribution < 1.29 is 4.39 Å². The second-order valence-corrected chi connectivity index (χ2v) is 7.48. The molecule has 1 fully saturated rings. The lowest BCUT2D eigenvalue weighted by molar-refractivity contribution is 0.233. The first kappa shape index (κ1) is 20.7. The van der Waals surface area contributed by atoms with Gasteiger partial charge in [-0.15, -0.1) is 0 Å². The molecule has 0 atom stereocenters. The molecule has 1 aliphatic rings. The lowest BCUT2D eigenvalue weighted by atomic mass is 10.1. The fourth-order valence-corrected chi connectivity index (χ4v) is 3.57. The number of hydrogen-bond acceptors (Lipinski definition) is 5. The molecule has 0 bridgehead atoms. The summed E-state index contributed by atoms with van der Waals surface area (Å²) in [6, 6.07) is 12.8. The molecule has 1 aliphatic heterocycles. The van der Waals surface area contributed by atoms with Gasteiger partial charge < -0.3 is 5.32 Å². The summed E-state index contributed by atoms with van der Waals surface area (Å²) in [6.07, 6.45) is 7.21. The Hall–Kier alpha value is -3.54. The Balaban J connectivity index is 0.000000152. The van der Waals surface area contributed by atoms with E-state index in [1.54, 1.807) is 33.7 Å². The first-order valence-electron chi connectivity index (χ1n) is 10.2. The third kappa shape index (κ3) is 5.15. The SMILES string of the molecule is Cn1cc(-c2ccc3c(C#N)cnn3c2)cn1.Fc1cccc(CN2CCNCC2)c1. The number of fused-ring (bicyclic) bond motifs is 1. The molecule has 0 spiro atoms. The highest BCUT2D eigenvalue weighted by Crippen LogP contribution is 2.20. The zero-order valence-corrected chi connectivity index (χ0v) is 17.4. The summed E-state index contributed by atoms with van der Waals surface area (Å²) >= 11 is 0. The summed E-state index contributed by atoms with van der Waals surface area (Å²) in [6.45, 7) is 5.04. The van der Waals surface area contributed by atoms with E-state index in [0.717, 1.165) is 54.9 Å². The second-order valence-electron chi connectivity index (χ2n) is 7.48. The van der Waals surface area contributed by atoms with Crippen molar-refractivity contribution in [3.05, 3.63) is 78.1 Å². The van der Waals surface area contributed by atoms with Gasteiger partial charge >= 0.3 is 0 Å². The first-order valence-corrected chi connectivity index (χ1v) is 10.2. The first-order chi connectivity index (χ1) is 15.1. The molecule has 4 aromatic rings. The van der Waals surface area contributed by atoms with Crippen LogP contribution >= 0.6 is 0 Å². The fourth-order valence-electron chi connectivity index (χ4n) is 3.57. The monoisotopic (exact) mass is 417 g/mol. The molecule has 158 valence electrons. The summed E-state index contributed by atoms with van der Waals surface area (Å²) in [5.74, 6) is -0.141. The van der Waals surface area contributed by atoms with Crippen LogP contribution in [0.1, 0.15) is 11.1 Å². The van der Waals surface area contributed by atoms with Crippen LogP contribution in [0.3, 0.4) is 0 Å². The van der Waals surface area contributed by atoms with Gasteiger partial charge in [0.2, 0.25) is 0 Å². The Morgan fingerprint density at radius 3 is 2.61 bits per heavy atom. The largest absolute Gasteiger partial charge is 0.314 e. The molecule has 7 nitrogen and oxygen atoms in total. The zero-order valence-electron chi connectivity index (χ0n) is 17.4. The summed E-state index contributed by atoms with van der Waals surface area (Å²) < 4.78 is 16.4. The Kier molecular flexibility index (Phi) is 6.36. The summed E-state index contributed by atoms with van der Waals surface area (Å²) in [5, 5.41) is 20.5. The van der Waals surface area contributed by atoms with E-state index in [1.165, 1.54) is 6.07 Å². The molecule has 0 unspecified atom stereocenters. The van der Waals surface area contributed by atoms with Crippen LogP contribution in [-0.4, -0.2) is 50.5 Å². The van der Waals surface area contributed by atoms with Gasteiger partial charge in [-0.05, 0) is 23.8 Å². The topological polar surface area (TPSA) is 74.2 Å². The summed E-state index contributed by atoms with van der Waals surface area (Å²) in [5.41, 5.74) is 4.52. The average Bonchev–Trinajstić information content (AvgIpc) is 3.40. The van der Waals surface area contributed by atoms with E-state index in [1.807, 2.05) is 37.6 Å². The molecule has 5 rings (SSSR count). The number of nitriles is 1. The van der Waals surface area contributed by atoms with Gasteiger partial charge in [-0.25, -0.2) is 8.91 Å². The minimum absolute atomic E-state index is 0.141. The van der Waals surface area contributed by atoms with Crippen molar-refractivity contribution in [3.63, 3.8) is 0 Å². The van der Waals surface area contributed by atoms with Gasteiger partial charge in [0.25, 0.3) is 0 Å². The highest BCUT2D eigenvalue weighted by molar-refractivity contribution is 5.67. The van der Waals surface area contributed by atoms with Crippen molar-refractivity contribution in [2.75, 3.05) is 26.2 Å². The van der Waals surface area contributed by atoms with Gasteiger partial charge in [0.1, 0.15) is 11.9 Å². The van der Waals surface area contributed by atoms with Gasteiger partial charge in [-0.2, -0.15) is 15.5 Å². The maximum Gasteiger partial charge on any atom is 0.123 e. The van der Waals surface area contributed by atoms with Crippen LogP contribution in [0.15, 0.2) is 61.2 Å². The standard InChI is InChI=1S/C12H9N5.C11H15FN2/c1-16-7-11(6-14-16)9-2-3-12-10(4-13)5-15-17(12)8-9;12-11-3-1-2-10(8-11)9-14-6-4-13-5-7-14/h2-3,5-8H,1H3;1-3,8,13H,4-7,9H2.